The largest absolute Gasteiger partial charge is 0.460 e. The summed E-state index contributed by atoms with van der Waals surface area (Å²) in [5, 5.41) is 3.28. The van der Waals surface area contributed by atoms with Crippen molar-refractivity contribution in [3.05, 3.63) is 29.8 Å². The molecule has 0 aliphatic carbocycles. The number of para-hydroxylation sites is 1. The van der Waals surface area contributed by atoms with Gasteiger partial charge in [0.15, 0.2) is 0 Å². The lowest BCUT2D eigenvalue weighted by Gasteiger charge is -2.28. The van der Waals surface area contributed by atoms with Crippen molar-refractivity contribution in [2.24, 2.45) is 5.92 Å². The van der Waals surface area contributed by atoms with Crippen LogP contribution in [0.5, 0.6) is 0 Å². The second kappa shape index (κ2) is 4.40. The average molecular weight is 233 g/mol. The van der Waals surface area contributed by atoms with E-state index in [4.69, 9.17) is 4.74 Å². The molecular weight excluding hydrogens is 214 g/mol. The average Bonchev–Trinajstić information content (AvgIpc) is 2.26. The maximum Gasteiger partial charge on any atom is 0.311 e. The monoisotopic (exact) mass is 233 g/mol. The minimum atomic E-state index is -0.409. The van der Waals surface area contributed by atoms with Gasteiger partial charge in [-0.3, -0.25) is 4.79 Å². The summed E-state index contributed by atoms with van der Waals surface area (Å²) in [6.45, 7) is 6.35. The minimum absolute atomic E-state index is 0.0795. The molecule has 0 unspecified atom stereocenters. The summed E-state index contributed by atoms with van der Waals surface area (Å²) in [6, 6.07) is 8.09. The van der Waals surface area contributed by atoms with E-state index in [1.54, 1.807) is 0 Å². The molecule has 1 aromatic rings. The second-order valence-electron chi connectivity index (χ2n) is 5.47. The van der Waals surface area contributed by atoms with E-state index in [9.17, 15) is 4.79 Å². The highest BCUT2D eigenvalue weighted by molar-refractivity contribution is 5.75. The second-order valence-corrected chi connectivity index (χ2v) is 5.47. The normalized spacial score (nSPS) is 19.1. The first-order valence-electron chi connectivity index (χ1n) is 6.00. The zero-order chi connectivity index (χ0) is 12.5. The van der Waals surface area contributed by atoms with Crippen LogP contribution in [0.15, 0.2) is 24.3 Å². The first kappa shape index (κ1) is 12.0. The van der Waals surface area contributed by atoms with Crippen molar-refractivity contribution < 1.29 is 9.53 Å². The summed E-state index contributed by atoms with van der Waals surface area (Å²) in [5.41, 5.74) is 1.91. The highest BCUT2D eigenvalue weighted by Crippen LogP contribution is 2.25. The van der Waals surface area contributed by atoms with E-state index >= 15 is 0 Å². The predicted molar refractivity (Wildman–Crippen MR) is 68.0 cm³/mol. The van der Waals surface area contributed by atoms with Crippen LogP contribution >= 0.6 is 0 Å². The molecular formula is C14H19NO2. The van der Waals surface area contributed by atoms with Gasteiger partial charge in [0.2, 0.25) is 0 Å². The lowest BCUT2D eigenvalue weighted by atomic mass is 9.94. The molecule has 17 heavy (non-hydrogen) atoms. The Bertz CT molecular complexity index is 420. The summed E-state index contributed by atoms with van der Waals surface area (Å²) >= 11 is 0. The quantitative estimate of drug-likeness (QED) is 0.758. The third-order valence-electron chi connectivity index (χ3n) is 2.76. The fourth-order valence-corrected chi connectivity index (χ4v) is 1.99. The van der Waals surface area contributed by atoms with Crippen LogP contribution in [0.4, 0.5) is 5.69 Å². The van der Waals surface area contributed by atoms with Gasteiger partial charge < -0.3 is 10.1 Å². The van der Waals surface area contributed by atoms with Gasteiger partial charge in [-0.25, -0.2) is 0 Å². The number of carbonyl (C=O) groups excluding carboxylic acids is 1. The highest BCUT2D eigenvalue weighted by Gasteiger charge is 2.28. The van der Waals surface area contributed by atoms with Crippen LogP contribution in [0.2, 0.25) is 0 Å². The predicted octanol–water partition coefficient (Wildman–Crippen LogP) is 2.61. The van der Waals surface area contributed by atoms with Gasteiger partial charge in [-0.15, -0.1) is 0 Å². The van der Waals surface area contributed by atoms with Gasteiger partial charge in [0.25, 0.3) is 0 Å². The van der Waals surface area contributed by atoms with Crippen LogP contribution in [0.25, 0.3) is 0 Å². The van der Waals surface area contributed by atoms with Crippen molar-refractivity contribution in [1.29, 1.82) is 0 Å². The van der Waals surface area contributed by atoms with Gasteiger partial charge in [0, 0.05) is 12.2 Å². The molecule has 92 valence electrons. The molecule has 3 heteroatoms. The molecule has 1 N–H and O–H groups in total. The number of ether oxygens (including phenoxy) is 1. The molecule has 0 spiro atoms. The van der Waals surface area contributed by atoms with Crippen LogP contribution in [0, 0.1) is 5.92 Å². The van der Waals surface area contributed by atoms with Crippen molar-refractivity contribution in [2.75, 3.05) is 11.9 Å². The number of nitrogens with one attached hydrogen (secondary N) is 1. The van der Waals surface area contributed by atoms with E-state index in [-0.39, 0.29) is 11.9 Å². The summed E-state index contributed by atoms with van der Waals surface area (Å²) in [6.07, 6.45) is 0.762. The van der Waals surface area contributed by atoms with E-state index < -0.39 is 5.60 Å². The third-order valence-corrected chi connectivity index (χ3v) is 2.76. The SMILES string of the molecule is CC(C)(C)OC(=O)[C@H]1CNc2ccccc2C1. The molecule has 1 aliphatic heterocycles. The van der Waals surface area contributed by atoms with Gasteiger partial charge >= 0.3 is 5.97 Å². The Balaban J connectivity index is 2.05. The molecule has 0 bridgehead atoms. The molecule has 0 fully saturated rings. The number of rotatable bonds is 1. The van der Waals surface area contributed by atoms with Gasteiger partial charge in [0.05, 0.1) is 5.92 Å². The van der Waals surface area contributed by atoms with E-state index in [1.165, 1.54) is 5.56 Å². The fraction of sp³-hybridized carbons (Fsp3) is 0.500. The van der Waals surface area contributed by atoms with Crippen LogP contribution in [-0.2, 0) is 16.0 Å². The van der Waals surface area contributed by atoms with Crippen molar-refractivity contribution >= 4 is 11.7 Å². The molecule has 0 saturated carbocycles. The Hall–Kier alpha value is -1.51. The smallest absolute Gasteiger partial charge is 0.311 e. The van der Waals surface area contributed by atoms with Gasteiger partial charge in [-0.2, -0.15) is 0 Å². The number of fused-ring (bicyclic) bond motifs is 1. The summed E-state index contributed by atoms with van der Waals surface area (Å²) in [4.78, 5) is 12.0. The Morgan fingerprint density at radius 3 is 2.76 bits per heavy atom. The number of esters is 1. The fourth-order valence-electron chi connectivity index (χ4n) is 1.99. The Morgan fingerprint density at radius 2 is 2.06 bits per heavy atom. The standard InChI is InChI=1S/C14H19NO2/c1-14(2,3)17-13(16)11-8-10-6-4-5-7-12(10)15-9-11/h4-7,11,15H,8-9H2,1-3H3/t11-/m1/s1. The van der Waals surface area contributed by atoms with E-state index in [1.807, 2.05) is 39.0 Å². The lowest BCUT2D eigenvalue weighted by molar-refractivity contribution is -0.159. The van der Waals surface area contributed by atoms with Crippen LogP contribution < -0.4 is 5.32 Å². The van der Waals surface area contributed by atoms with E-state index in [0.29, 0.717) is 6.54 Å². The minimum Gasteiger partial charge on any atom is -0.460 e. The number of anilines is 1. The molecule has 0 saturated heterocycles. The van der Waals surface area contributed by atoms with Gasteiger partial charge in [0.1, 0.15) is 5.60 Å². The summed E-state index contributed by atoms with van der Waals surface area (Å²) < 4.78 is 5.41. The molecule has 0 radical (unpaired) electrons. The highest BCUT2D eigenvalue weighted by atomic mass is 16.6. The zero-order valence-corrected chi connectivity index (χ0v) is 10.6. The molecule has 1 atom stereocenters. The molecule has 1 aromatic carbocycles. The maximum absolute atomic E-state index is 12.0. The van der Waals surface area contributed by atoms with Gasteiger partial charge in [-0.1, -0.05) is 18.2 Å². The zero-order valence-electron chi connectivity index (χ0n) is 10.6. The lowest BCUT2D eigenvalue weighted by Crippen LogP contribution is -2.35. The number of hydrogen-bond donors (Lipinski definition) is 1. The maximum atomic E-state index is 12.0. The van der Waals surface area contributed by atoms with Crippen molar-refractivity contribution in [3.8, 4) is 0 Å². The van der Waals surface area contributed by atoms with Crippen LogP contribution in [-0.4, -0.2) is 18.1 Å². The summed E-state index contributed by atoms with van der Waals surface area (Å²) in [5.74, 6) is -0.191. The first-order chi connectivity index (χ1) is 7.96. The number of hydrogen-bond acceptors (Lipinski definition) is 3. The van der Waals surface area contributed by atoms with Crippen molar-refractivity contribution in [3.63, 3.8) is 0 Å². The number of benzene rings is 1. The first-order valence-corrected chi connectivity index (χ1v) is 6.00. The van der Waals surface area contributed by atoms with E-state index in [2.05, 4.69) is 11.4 Å². The number of carbonyl (C=O) groups is 1. The van der Waals surface area contributed by atoms with Crippen molar-refractivity contribution in [1.82, 2.24) is 0 Å². The van der Waals surface area contributed by atoms with Crippen molar-refractivity contribution in [2.45, 2.75) is 32.8 Å². The Kier molecular flexibility index (Phi) is 3.09. The molecule has 0 amide bonds. The van der Waals surface area contributed by atoms with E-state index in [0.717, 1.165) is 12.1 Å². The molecule has 2 rings (SSSR count). The van der Waals surface area contributed by atoms with Gasteiger partial charge in [-0.05, 0) is 38.8 Å². The van der Waals surface area contributed by atoms with Crippen LogP contribution in [0.3, 0.4) is 0 Å². The molecule has 1 heterocycles. The molecule has 3 nitrogen and oxygen atoms in total. The Labute approximate surface area is 102 Å². The van der Waals surface area contributed by atoms with Crippen LogP contribution in [0.1, 0.15) is 26.3 Å². The third kappa shape index (κ3) is 2.99. The summed E-state index contributed by atoms with van der Waals surface area (Å²) in [7, 11) is 0. The Morgan fingerprint density at radius 1 is 1.35 bits per heavy atom. The molecule has 0 aromatic heterocycles. The topological polar surface area (TPSA) is 38.3 Å². The molecule has 1 aliphatic rings.